The van der Waals surface area contributed by atoms with E-state index in [-0.39, 0.29) is 12.0 Å². The van der Waals surface area contributed by atoms with Gasteiger partial charge in [0.05, 0.1) is 0 Å². The second kappa shape index (κ2) is 8.54. The fourth-order valence-electron chi connectivity index (χ4n) is 2.69. The Labute approximate surface area is 141 Å². The van der Waals surface area contributed by atoms with Crippen molar-refractivity contribution in [2.24, 2.45) is 0 Å². The minimum atomic E-state index is 0.0182. The summed E-state index contributed by atoms with van der Waals surface area (Å²) in [6.45, 7) is 1.98. The average Bonchev–Trinajstić information content (AvgIpc) is 3.15. The molecule has 0 spiro atoms. The number of carbonyl (C=O) groups excluding carboxylic acids is 1. The molecule has 1 aliphatic rings. The first-order valence-electron chi connectivity index (χ1n) is 8.48. The number of nitrogens with one attached hydrogen (secondary N) is 1. The van der Waals surface area contributed by atoms with Crippen molar-refractivity contribution in [3.05, 3.63) is 42.2 Å². The van der Waals surface area contributed by atoms with E-state index in [1.54, 1.807) is 18.6 Å². The van der Waals surface area contributed by atoms with Crippen molar-refractivity contribution < 1.29 is 9.53 Å². The third kappa shape index (κ3) is 4.86. The lowest BCUT2D eigenvalue weighted by atomic mass is 10.1. The molecule has 2 aromatic heterocycles. The molecular formula is C17H23N5O2. The maximum Gasteiger partial charge on any atom is 0.220 e. The van der Waals surface area contributed by atoms with Crippen LogP contribution in [0.2, 0.25) is 0 Å². The summed E-state index contributed by atoms with van der Waals surface area (Å²) >= 11 is 0. The van der Waals surface area contributed by atoms with Gasteiger partial charge in [-0.2, -0.15) is 5.10 Å². The van der Waals surface area contributed by atoms with Gasteiger partial charge < -0.3 is 10.1 Å². The number of rotatable bonds is 7. The molecule has 7 nitrogen and oxygen atoms in total. The lowest BCUT2D eigenvalue weighted by Crippen LogP contribution is -2.23. The van der Waals surface area contributed by atoms with Crippen molar-refractivity contribution in [1.82, 2.24) is 25.1 Å². The van der Waals surface area contributed by atoms with Crippen LogP contribution in [-0.4, -0.2) is 32.3 Å². The Morgan fingerprint density at radius 2 is 2.21 bits per heavy atom. The quantitative estimate of drug-likeness (QED) is 0.840. The Balaban J connectivity index is 1.38. The molecule has 128 valence electrons. The Bertz CT molecular complexity index is 621. The minimum Gasteiger partial charge on any atom is -0.370 e. The molecule has 0 saturated carbocycles. The van der Waals surface area contributed by atoms with Crippen LogP contribution in [0.25, 0.3) is 0 Å². The molecule has 0 aliphatic carbocycles. The maximum absolute atomic E-state index is 11.9. The Morgan fingerprint density at radius 1 is 1.33 bits per heavy atom. The number of hydrogen-bond acceptors (Lipinski definition) is 5. The fraction of sp³-hybridized carbons (Fsp3) is 0.529. The standard InChI is InChI=1S/C17H23N5O2/c23-16(6-3-8-22-9-4-7-21-22)18-11-14-12-19-17(20-13-14)15-5-1-2-10-24-15/h4,7,9,12-13,15H,1-3,5-6,8,10-11H2,(H,18,23)/t15-/m1/s1. The number of nitrogens with zero attached hydrogens (tertiary/aromatic N) is 4. The topological polar surface area (TPSA) is 81.9 Å². The molecule has 0 unspecified atom stereocenters. The van der Waals surface area contributed by atoms with E-state index in [1.165, 1.54) is 0 Å². The molecular weight excluding hydrogens is 306 g/mol. The zero-order valence-corrected chi connectivity index (χ0v) is 13.7. The molecule has 0 bridgehead atoms. The average molecular weight is 329 g/mol. The van der Waals surface area contributed by atoms with Crippen molar-refractivity contribution in [1.29, 1.82) is 0 Å². The van der Waals surface area contributed by atoms with Crippen LogP contribution in [0, 0.1) is 0 Å². The molecule has 3 rings (SSSR count). The van der Waals surface area contributed by atoms with Gasteiger partial charge in [0.1, 0.15) is 6.10 Å². The largest absolute Gasteiger partial charge is 0.370 e. The van der Waals surface area contributed by atoms with Gasteiger partial charge >= 0.3 is 0 Å². The molecule has 1 atom stereocenters. The molecule has 1 saturated heterocycles. The maximum atomic E-state index is 11.9. The SMILES string of the molecule is O=C(CCCn1cccn1)NCc1cnc([C@H]2CCCCO2)nc1. The summed E-state index contributed by atoms with van der Waals surface area (Å²) in [7, 11) is 0. The van der Waals surface area contributed by atoms with Crippen molar-refractivity contribution in [3.63, 3.8) is 0 Å². The Hall–Kier alpha value is -2.28. The predicted molar refractivity (Wildman–Crippen MR) is 87.9 cm³/mol. The van der Waals surface area contributed by atoms with Crippen LogP contribution in [0.1, 0.15) is 49.6 Å². The highest BCUT2D eigenvalue weighted by Gasteiger charge is 2.18. The third-order valence-electron chi connectivity index (χ3n) is 4.03. The first-order chi connectivity index (χ1) is 11.8. The van der Waals surface area contributed by atoms with E-state index in [1.807, 2.05) is 16.9 Å². The van der Waals surface area contributed by atoms with Crippen LogP contribution >= 0.6 is 0 Å². The van der Waals surface area contributed by atoms with Crippen molar-refractivity contribution >= 4 is 5.91 Å². The predicted octanol–water partition coefficient (Wildman–Crippen LogP) is 2.01. The van der Waals surface area contributed by atoms with Gasteiger partial charge in [-0.25, -0.2) is 9.97 Å². The number of aromatic nitrogens is 4. The second-order valence-electron chi connectivity index (χ2n) is 5.95. The molecule has 0 radical (unpaired) electrons. The highest BCUT2D eigenvalue weighted by Crippen LogP contribution is 2.24. The number of amides is 1. The molecule has 1 fully saturated rings. The van der Waals surface area contributed by atoms with Gasteiger partial charge in [-0.15, -0.1) is 0 Å². The van der Waals surface area contributed by atoms with E-state index >= 15 is 0 Å². The van der Waals surface area contributed by atoms with Gasteiger partial charge in [0, 0.05) is 56.5 Å². The summed E-state index contributed by atoms with van der Waals surface area (Å²) in [6, 6.07) is 1.88. The zero-order valence-electron chi connectivity index (χ0n) is 13.7. The second-order valence-corrected chi connectivity index (χ2v) is 5.95. The van der Waals surface area contributed by atoms with Crippen molar-refractivity contribution in [2.75, 3.05) is 6.61 Å². The van der Waals surface area contributed by atoms with E-state index < -0.39 is 0 Å². The Kier molecular flexibility index (Phi) is 5.90. The van der Waals surface area contributed by atoms with Crippen molar-refractivity contribution in [2.45, 2.75) is 51.3 Å². The summed E-state index contributed by atoms with van der Waals surface area (Å²) in [4.78, 5) is 20.6. The van der Waals surface area contributed by atoms with E-state index in [0.717, 1.165) is 50.2 Å². The number of carbonyl (C=O) groups is 1. The van der Waals surface area contributed by atoms with E-state index in [0.29, 0.717) is 13.0 Å². The van der Waals surface area contributed by atoms with Gasteiger partial charge in [-0.05, 0) is 31.7 Å². The fourth-order valence-corrected chi connectivity index (χ4v) is 2.69. The van der Waals surface area contributed by atoms with Gasteiger partial charge in [0.15, 0.2) is 5.82 Å². The van der Waals surface area contributed by atoms with Gasteiger partial charge in [0.25, 0.3) is 0 Å². The van der Waals surface area contributed by atoms with E-state index in [9.17, 15) is 4.79 Å². The molecule has 24 heavy (non-hydrogen) atoms. The van der Waals surface area contributed by atoms with Crippen LogP contribution in [0.4, 0.5) is 0 Å². The summed E-state index contributed by atoms with van der Waals surface area (Å²) in [5.74, 6) is 0.769. The Morgan fingerprint density at radius 3 is 2.92 bits per heavy atom. The smallest absolute Gasteiger partial charge is 0.220 e. The van der Waals surface area contributed by atoms with Crippen LogP contribution in [0.5, 0.6) is 0 Å². The van der Waals surface area contributed by atoms with E-state index in [2.05, 4.69) is 20.4 Å². The van der Waals surface area contributed by atoms with Crippen molar-refractivity contribution in [3.8, 4) is 0 Å². The molecule has 0 aromatic carbocycles. The molecule has 1 aliphatic heterocycles. The normalized spacial score (nSPS) is 17.6. The highest BCUT2D eigenvalue weighted by molar-refractivity contribution is 5.75. The van der Waals surface area contributed by atoms with Crippen LogP contribution in [0.15, 0.2) is 30.9 Å². The van der Waals surface area contributed by atoms with Crippen LogP contribution in [-0.2, 0) is 22.6 Å². The lowest BCUT2D eigenvalue weighted by Gasteiger charge is -2.21. The van der Waals surface area contributed by atoms with E-state index in [4.69, 9.17) is 4.74 Å². The van der Waals surface area contributed by atoms with Gasteiger partial charge in [-0.1, -0.05) is 0 Å². The molecule has 7 heteroatoms. The molecule has 1 N–H and O–H groups in total. The summed E-state index contributed by atoms with van der Waals surface area (Å²) in [5, 5.41) is 7.01. The first-order valence-corrected chi connectivity index (χ1v) is 8.48. The number of aryl methyl sites for hydroxylation is 1. The zero-order chi connectivity index (χ0) is 16.6. The highest BCUT2D eigenvalue weighted by atomic mass is 16.5. The summed E-state index contributed by atoms with van der Waals surface area (Å²) in [5.41, 5.74) is 0.898. The number of ether oxygens (including phenoxy) is 1. The lowest BCUT2D eigenvalue weighted by molar-refractivity contribution is -0.121. The first kappa shape index (κ1) is 16.6. The number of hydrogen-bond donors (Lipinski definition) is 1. The molecule has 2 aromatic rings. The minimum absolute atomic E-state index is 0.0182. The third-order valence-corrected chi connectivity index (χ3v) is 4.03. The summed E-state index contributed by atoms with van der Waals surface area (Å²) < 4.78 is 7.50. The summed E-state index contributed by atoms with van der Waals surface area (Å²) in [6.07, 6.45) is 11.7. The van der Waals surface area contributed by atoms with Gasteiger partial charge in [-0.3, -0.25) is 9.48 Å². The molecule has 3 heterocycles. The van der Waals surface area contributed by atoms with Crippen LogP contribution in [0.3, 0.4) is 0 Å². The van der Waals surface area contributed by atoms with Gasteiger partial charge in [0.2, 0.25) is 5.91 Å². The monoisotopic (exact) mass is 329 g/mol. The van der Waals surface area contributed by atoms with Crippen LogP contribution < -0.4 is 5.32 Å². The molecule has 1 amide bonds.